The van der Waals surface area contributed by atoms with Gasteiger partial charge in [0.15, 0.2) is 0 Å². The number of pyridine rings is 1. The summed E-state index contributed by atoms with van der Waals surface area (Å²) >= 11 is 0. The van der Waals surface area contributed by atoms with E-state index in [0.717, 1.165) is 23.1 Å². The molecule has 1 unspecified atom stereocenters. The number of aliphatic hydroxyl groups excluding tert-OH is 1. The molecule has 1 aliphatic heterocycles. The van der Waals surface area contributed by atoms with Crippen molar-refractivity contribution in [1.82, 2.24) is 9.88 Å². The van der Waals surface area contributed by atoms with Crippen LogP contribution in [0.25, 0.3) is 5.76 Å². The topological polar surface area (TPSA) is 79.7 Å². The highest BCUT2D eigenvalue weighted by Gasteiger charge is 2.46. The van der Waals surface area contributed by atoms with Crippen LogP contribution in [0.3, 0.4) is 0 Å². The molecule has 0 spiro atoms. The highest BCUT2D eigenvalue weighted by molar-refractivity contribution is 6.46. The summed E-state index contributed by atoms with van der Waals surface area (Å²) in [4.78, 5) is 31.9. The van der Waals surface area contributed by atoms with E-state index >= 15 is 0 Å². The van der Waals surface area contributed by atoms with Gasteiger partial charge in [-0.2, -0.15) is 0 Å². The molecule has 168 valence electrons. The lowest BCUT2D eigenvalue weighted by molar-refractivity contribution is -0.140. The molecular formula is C27H26N2O4. The van der Waals surface area contributed by atoms with E-state index in [1.807, 2.05) is 44.2 Å². The largest absolute Gasteiger partial charge is 0.507 e. The number of aryl methyl sites for hydroxylation is 1. The van der Waals surface area contributed by atoms with Crippen molar-refractivity contribution >= 4 is 17.4 Å². The fourth-order valence-electron chi connectivity index (χ4n) is 4.03. The molecular weight excluding hydrogens is 416 g/mol. The highest BCUT2D eigenvalue weighted by atomic mass is 16.5. The van der Waals surface area contributed by atoms with Crippen LogP contribution in [0.5, 0.6) is 5.75 Å². The third kappa shape index (κ3) is 4.65. The number of ketones is 1. The van der Waals surface area contributed by atoms with Gasteiger partial charge in [-0.25, -0.2) is 0 Å². The number of carbonyl (C=O) groups is 2. The summed E-state index contributed by atoms with van der Waals surface area (Å²) in [5.41, 5.74) is 3.06. The zero-order chi connectivity index (χ0) is 23.4. The van der Waals surface area contributed by atoms with Gasteiger partial charge in [-0.05, 0) is 42.7 Å². The molecule has 1 aromatic heterocycles. The quantitative estimate of drug-likeness (QED) is 0.323. The SMILES string of the molecule is CCCOc1cccc(/C(O)=C2/C(=O)C(=O)N(Cc3cccnc3)C2c2cccc(C)c2)c1. The molecule has 1 saturated heterocycles. The Hall–Kier alpha value is -3.93. The van der Waals surface area contributed by atoms with E-state index in [1.54, 1.807) is 42.7 Å². The molecule has 0 aliphatic carbocycles. The monoisotopic (exact) mass is 442 g/mol. The summed E-state index contributed by atoms with van der Waals surface area (Å²) < 4.78 is 5.68. The van der Waals surface area contributed by atoms with Crippen LogP contribution in [0.1, 0.15) is 41.6 Å². The summed E-state index contributed by atoms with van der Waals surface area (Å²) in [5, 5.41) is 11.3. The molecule has 1 fully saturated rings. The maximum absolute atomic E-state index is 13.2. The lowest BCUT2D eigenvalue weighted by atomic mass is 9.94. The number of nitrogens with zero attached hydrogens (tertiary/aromatic N) is 2. The molecule has 1 N–H and O–H groups in total. The van der Waals surface area contributed by atoms with E-state index in [9.17, 15) is 14.7 Å². The maximum Gasteiger partial charge on any atom is 0.295 e. The molecule has 6 heteroatoms. The first kappa shape index (κ1) is 22.3. The lowest BCUT2D eigenvalue weighted by Gasteiger charge is -2.25. The van der Waals surface area contributed by atoms with Gasteiger partial charge < -0.3 is 14.7 Å². The second-order valence-electron chi connectivity index (χ2n) is 8.08. The van der Waals surface area contributed by atoms with Gasteiger partial charge in [0.1, 0.15) is 11.5 Å². The number of benzene rings is 2. The van der Waals surface area contributed by atoms with Crippen LogP contribution >= 0.6 is 0 Å². The third-order valence-electron chi connectivity index (χ3n) is 5.55. The second kappa shape index (κ2) is 9.69. The van der Waals surface area contributed by atoms with Crippen molar-refractivity contribution in [3.63, 3.8) is 0 Å². The minimum absolute atomic E-state index is 0.0714. The Morgan fingerprint density at radius 1 is 1.09 bits per heavy atom. The summed E-state index contributed by atoms with van der Waals surface area (Å²) in [6, 6.07) is 17.5. The number of hydrogen-bond acceptors (Lipinski definition) is 5. The van der Waals surface area contributed by atoms with E-state index in [2.05, 4.69) is 4.98 Å². The van der Waals surface area contributed by atoms with Gasteiger partial charge in [0.2, 0.25) is 0 Å². The molecule has 4 rings (SSSR count). The molecule has 0 radical (unpaired) electrons. The normalized spacial score (nSPS) is 17.4. The van der Waals surface area contributed by atoms with Gasteiger partial charge in [0.05, 0.1) is 18.2 Å². The van der Waals surface area contributed by atoms with Gasteiger partial charge >= 0.3 is 0 Å². The number of amides is 1. The number of rotatable bonds is 7. The van der Waals surface area contributed by atoms with Crippen LogP contribution in [0.4, 0.5) is 0 Å². The van der Waals surface area contributed by atoms with E-state index in [-0.39, 0.29) is 17.9 Å². The Balaban J connectivity index is 1.83. The first-order chi connectivity index (χ1) is 16.0. The van der Waals surface area contributed by atoms with E-state index in [4.69, 9.17) is 4.74 Å². The number of carbonyl (C=O) groups excluding carboxylic acids is 2. The van der Waals surface area contributed by atoms with Gasteiger partial charge in [-0.1, -0.05) is 55.0 Å². The lowest BCUT2D eigenvalue weighted by Crippen LogP contribution is -2.29. The van der Waals surface area contributed by atoms with Crippen molar-refractivity contribution in [2.75, 3.05) is 6.61 Å². The van der Waals surface area contributed by atoms with Crippen LogP contribution in [0.15, 0.2) is 78.6 Å². The fourth-order valence-corrected chi connectivity index (χ4v) is 4.03. The van der Waals surface area contributed by atoms with E-state index in [1.165, 1.54) is 4.90 Å². The van der Waals surface area contributed by atoms with E-state index < -0.39 is 17.7 Å². The number of hydrogen-bond donors (Lipinski definition) is 1. The van der Waals surface area contributed by atoms with Crippen LogP contribution in [-0.2, 0) is 16.1 Å². The minimum atomic E-state index is -0.717. The van der Waals surface area contributed by atoms with Crippen molar-refractivity contribution in [3.8, 4) is 5.75 Å². The number of aliphatic hydroxyl groups is 1. The van der Waals surface area contributed by atoms with Gasteiger partial charge in [0, 0.05) is 24.5 Å². The molecule has 6 nitrogen and oxygen atoms in total. The fraction of sp³-hybridized carbons (Fsp3) is 0.222. The third-order valence-corrected chi connectivity index (χ3v) is 5.55. The Morgan fingerprint density at radius 3 is 2.64 bits per heavy atom. The Morgan fingerprint density at radius 2 is 1.91 bits per heavy atom. The zero-order valence-electron chi connectivity index (χ0n) is 18.7. The van der Waals surface area contributed by atoms with Crippen LogP contribution < -0.4 is 4.74 Å². The second-order valence-corrected chi connectivity index (χ2v) is 8.08. The van der Waals surface area contributed by atoms with Gasteiger partial charge in [-0.3, -0.25) is 14.6 Å². The molecule has 33 heavy (non-hydrogen) atoms. The Kier molecular flexibility index (Phi) is 6.54. The molecule has 1 amide bonds. The maximum atomic E-state index is 13.2. The summed E-state index contributed by atoms with van der Waals surface area (Å²) in [6.07, 6.45) is 4.17. The molecule has 1 atom stereocenters. The van der Waals surface area contributed by atoms with Crippen molar-refractivity contribution in [2.24, 2.45) is 0 Å². The highest BCUT2D eigenvalue weighted by Crippen LogP contribution is 2.40. The van der Waals surface area contributed by atoms with Crippen molar-refractivity contribution < 1.29 is 19.4 Å². The number of aromatic nitrogens is 1. The number of Topliss-reactive ketones (excluding diaryl/α,β-unsaturated/α-hetero) is 1. The average molecular weight is 443 g/mol. The molecule has 0 saturated carbocycles. The van der Waals surface area contributed by atoms with Crippen molar-refractivity contribution in [3.05, 3.63) is 101 Å². The molecule has 0 bridgehead atoms. The Labute approximate surface area is 193 Å². The van der Waals surface area contributed by atoms with Crippen LogP contribution in [0, 0.1) is 6.92 Å². The number of ether oxygens (including phenoxy) is 1. The molecule has 3 aromatic rings. The van der Waals surface area contributed by atoms with E-state index in [0.29, 0.717) is 17.9 Å². The van der Waals surface area contributed by atoms with Crippen LogP contribution in [0.2, 0.25) is 0 Å². The number of likely N-dealkylation sites (tertiary alicyclic amines) is 1. The van der Waals surface area contributed by atoms with Crippen molar-refractivity contribution in [1.29, 1.82) is 0 Å². The summed E-state index contributed by atoms with van der Waals surface area (Å²) in [7, 11) is 0. The first-order valence-corrected chi connectivity index (χ1v) is 11.0. The standard InChI is InChI=1S/C27H26N2O4/c1-3-13-33-22-11-5-10-21(15-22)25(30)23-24(20-9-4-7-18(2)14-20)29(27(32)26(23)31)17-19-8-6-12-28-16-19/h4-12,14-16,24,30H,3,13,17H2,1-2H3/b25-23-. The van der Waals surface area contributed by atoms with Gasteiger partial charge in [0.25, 0.3) is 11.7 Å². The minimum Gasteiger partial charge on any atom is -0.507 e. The summed E-state index contributed by atoms with van der Waals surface area (Å²) in [5.74, 6) is -0.971. The van der Waals surface area contributed by atoms with Crippen LogP contribution in [-0.4, -0.2) is 33.3 Å². The van der Waals surface area contributed by atoms with Gasteiger partial charge in [-0.15, -0.1) is 0 Å². The predicted molar refractivity (Wildman–Crippen MR) is 125 cm³/mol. The summed E-state index contributed by atoms with van der Waals surface area (Å²) in [6.45, 7) is 4.71. The smallest absolute Gasteiger partial charge is 0.295 e. The molecule has 2 heterocycles. The Bertz CT molecular complexity index is 1200. The molecule has 2 aromatic carbocycles. The zero-order valence-corrected chi connectivity index (χ0v) is 18.7. The van der Waals surface area contributed by atoms with Crippen molar-refractivity contribution in [2.45, 2.75) is 32.9 Å². The molecule has 1 aliphatic rings. The predicted octanol–water partition coefficient (Wildman–Crippen LogP) is 4.80. The first-order valence-electron chi connectivity index (χ1n) is 11.0. The average Bonchev–Trinajstić information content (AvgIpc) is 3.08.